The van der Waals surface area contributed by atoms with E-state index in [0.717, 1.165) is 5.69 Å². The Balaban J connectivity index is 1.51. The van der Waals surface area contributed by atoms with Crippen LogP contribution < -0.4 is 4.90 Å². The molecule has 3 heterocycles. The summed E-state index contributed by atoms with van der Waals surface area (Å²) in [4.78, 5) is 24.1. The van der Waals surface area contributed by atoms with Gasteiger partial charge in [-0.2, -0.15) is 4.99 Å². The summed E-state index contributed by atoms with van der Waals surface area (Å²) < 4.78 is 5.94. The zero-order valence-electron chi connectivity index (χ0n) is 16.2. The van der Waals surface area contributed by atoms with E-state index in [1.165, 1.54) is 23.1 Å². The van der Waals surface area contributed by atoms with Gasteiger partial charge in [0.05, 0.1) is 15.6 Å². The number of para-hydroxylation sites is 1. The highest BCUT2D eigenvalue weighted by molar-refractivity contribution is 8.19. The summed E-state index contributed by atoms with van der Waals surface area (Å²) in [6.45, 7) is 0. The molecule has 1 fully saturated rings. The number of aliphatic imine (C=N–C) groups is 1. The van der Waals surface area contributed by atoms with Gasteiger partial charge in [0.2, 0.25) is 5.13 Å². The number of amides is 1. The highest BCUT2D eigenvalue weighted by atomic mass is 35.5. The summed E-state index contributed by atoms with van der Waals surface area (Å²) >= 11 is 15.1. The van der Waals surface area contributed by atoms with E-state index < -0.39 is 0 Å². The van der Waals surface area contributed by atoms with Crippen LogP contribution in [0.2, 0.25) is 10.0 Å². The van der Waals surface area contributed by atoms with E-state index in [2.05, 4.69) is 9.98 Å². The zero-order valence-corrected chi connectivity index (χ0v) is 19.4. The first kappa shape index (κ1) is 21.0. The number of rotatable bonds is 4. The lowest BCUT2D eigenvalue weighted by atomic mass is 10.2. The Labute approximate surface area is 202 Å². The van der Waals surface area contributed by atoms with Crippen LogP contribution in [-0.4, -0.2) is 16.1 Å². The minimum absolute atomic E-state index is 0.185. The summed E-state index contributed by atoms with van der Waals surface area (Å²) in [5.74, 6) is 0.905. The smallest absolute Gasteiger partial charge is 0.271 e. The quantitative estimate of drug-likeness (QED) is 0.273. The molecular formula is C23H13Cl2N3O2S2. The van der Waals surface area contributed by atoms with Gasteiger partial charge in [0.15, 0.2) is 5.17 Å². The topological polar surface area (TPSA) is 58.7 Å². The van der Waals surface area contributed by atoms with Crippen molar-refractivity contribution >= 4 is 74.3 Å². The van der Waals surface area contributed by atoms with Crippen molar-refractivity contribution in [3.8, 4) is 11.3 Å². The first-order valence-corrected chi connectivity index (χ1v) is 11.9. The molecule has 0 bridgehead atoms. The molecule has 0 aliphatic carbocycles. The molecule has 32 heavy (non-hydrogen) atoms. The molecular weight excluding hydrogens is 485 g/mol. The molecule has 5 rings (SSSR count). The van der Waals surface area contributed by atoms with Gasteiger partial charge in [0.1, 0.15) is 11.5 Å². The summed E-state index contributed by atoms with van der Waals surface area (Å²) in [6, 6.07) is 18.2. The molecule has 1 amide bonds. The fourth-order valence-electron chi connectivity index (χ4n) is 3.10. The van der Waals surface area contributed by atoms with Gasteiger partial charge in [-0.3, -0.25) is 9.69 Å². The van der Waals surface area contributed by atoms with Crippen LogP contribution in [0.25, 0.3) is 17.4 Å². The van der Waals surface area contributed by atoms with E-state index in [-0.39, 0.29) is 5.91 Å². The summed E-state index contributed by atoms with van der Waals surface area (Å²) in [6.07, 6.45) is 3.38. The van der Waals surface area contributed by atoms with Crippen molar-refractivity contribution in [1.82, 2.24) is 4.98 Å². The Morgan fingerprint density at radius 3 is 2.69 bits per heavy atom. The van der Waals surface area contributed by atoms with E-state index >= 15 is 0 Å². The number of halogens is 2. The van der Waals surface area contributed by atoms with Crippen LogP contribution in [0.5, 0.6) is 0 Å². The number of carbonyl (C=O) groups excluding carboxylic acids is 1. The molecule has 0 atom stereocenters. The Hall–Kier alpha value is -2.84. The molecule has 1 aliphatic rings. The number of carbonyl (C=O) groups is 1. The average molecular weight is 498 g/mol. The fourth-order valence-corrected chi connectivity index (χ4v) is 5.00. The highest BCUT2D eigenvalue weighted by Gasteiger charge is 2.35. The molecule has 1 aliphatic heterocycles. The Bertz CT molecular complexity index is 1350. The molecule has 5 nitrogen and oxygen atoms in total. The van der Waals surface area contributed by atoms with Crippen molar-refractivity contribution in [3.63, 3.8) is 0 Å². The van der Waals surface area contributed by atoms with Crippen LogP contribution in [0.1, 0.15) is 5.76 Å². The lowest BCUT2D eigenvalue weighted by Gasteiger charge is -2.14. The SMILES string of the molecule is O=C1/C(=C\c2ccc(-c3cc(Cl)ccc3Cl)o2)S/C(=N/c2nccs2)N1c1ccccc1. The van der Waals surface area contributed by atoms with Crippen LogP contribution in [0, 0.1) is 0 Å². The number of thiazole rings is 1. The Morgan fingerprint density at radius 1 is 1.06 bits per heavy atom. The normalized spacial score (nSPS) is 16.4. The lowest BCUT2D eigenvalue weighted by Crippen LogP contribution is -2.28. The molecule has 0 saturated carbocycles. The predicted molar refractivity (Wildman–Crippen MR) is 133 cm³/mol. The van der Waals surface area contributed by atoms with Gasteiger partial charge in [-0.15, -0.1) is 11.3 Å². The van der Waals surface area contributed by atoms with Crippen LogP contribution in [0.15, 0.2) is 86.6 Å². The molecule has 4 aromatic rings. The first-order chi connectivity index (χ1) is 15.6. The molecule has 9 heteroatoms. The molecule has 2 aromatic carbocycles. The highest BCUT2D eigenvalue weighted by Crippen LogP contribution is 2.38. The van der Waals surface area contributed by atoms with Gasteiger partial charge in [-0.1, -0.05) is 41.4 Å². The van der Waals surface area contributed by atoms with E-state index in [0.29, 0.717) is 42.3 Å². The fraction of sp³-hybridized carbons (Fsp3) is 0. The summed E-state index contributed by atoms with van der Waals surface area (Å²) in [5, 5.41) is 4.05. The molecule has 0 spiro atoms. The maximum Gasteiger partial charge on any atom is 0.271 e. The summed E-state index contributed by atoms with van der Waals surface area (Å²) in [7, 11) is 0. The lowest BCUT2D eigenvalue weighted by molar-refractivity contribution is -0.113. The van der Waals surface area contributed by atoms with Gasteiger partial charge in [0, 0.05) is 28.2 Å². The van der Waals surface area contributed by atoms with E-state index in [1.54, 1.807) is 47.5 Å². The van der Waals surface area contributed by atoms with Crippen molar-refractivity contribution in [3.05, 3.63) is 93.0 Å². The molecule has 2 aromatic heterocycles. The molecule has 0 unspecified atom stereocenters. The van der Waals surface area contributed by atoms with Gasteiger partial charge in [-0.05, 0) is 54.2 Å². The maximum atomic E-state index is 13.3. The van der Waals surface area contributed by atoms with E-state index in [9.17, 15) is 4.79 Å². The minimum atomic E-state index is -0.185. The molecule has 158 valence electrons. The third-order valence-corrected chi connectivity index (χ3v) is 6.72. The largest absolute Gasteiger partial charge is 0.457 e. The van der Waals surface area contributed by atoms with Gasteiger partial charge < -0.3 is 4.42 Å². The number of benzene rings is 2. The maximum absolute atomic E-state index is 13.3. The van der Waals surface area contributed by atoms with Crippen LogP contribution in [0.3, 0.4) is 0 Å². The molecule has 0 N–H and O–H groups in total. The molecule has 1 saturated heterocycles. The predicted octanol–water partition coefficient (Wildman–Crippen LogP) is 7.52. The average Bonchev–Trinajstić information content (AvgIpc) is 3.53. The number of nitrogens with zero attached hydrogens (tertiary/aromatic N) is 3. The van der Waals surface area contributed by atoms with Gasteiger partial charge in [-0.25, -0.2) is 4.98 Å². The van der Waals surface area contributed by atoms with Crippen LogP contribution in [-0.2, 0) is 4.79 Å². The Morgan fingerprint density at radius 2 is 1.91 bits per heavy atom. The number of amidine groups is 1. The van der Waals surface area contributed by atoms with Crippen molar-refractivity contribution in [2.24, 2.45) is 4.99 Å². The third kappa shape index (κ3) is 4.25. The second-order valence-electron chi connectivity index (χ2n) is 6.62. The summed E-state index contributed by atoms with van der Waals surface area (Å²) in [5.41, 5.74) is 1.42. The number of furan rings is 1. The molecule has 0 radical (unpaired) electrons. The van der Waals surface area contributed by atoms with Crippen molar-refractivity contribution < 1.29 is 9.21 Å². The third-order valence-electron chi connectivity index (χ3n) is 4.53. The number of hydrogen-bond acceptors (Lipinski definition) is 6. The minimum Gasteiger partial charge on any atom is -0.457 e. The first-order valence-electron chi connectivity index (χ1n) is 9.41. The zero-order chi connectivity index (χ0) is 22.1. The number of thioether (sulfide) groups is 1. The second kappa shape index (κ2) is 8.96. The van der Waals surface area contributed by atoms with E-state index in [1.807, 2.05) is 35.7 Å². The monoisotopic (exact) mass is 497 g/mol. The standard InChI is InChI=1S/C23H13Cl2N3O2S2/c24-14-6-8-18(25)17(12-14)19-9-7-16(30-19)13-20-21(29)28(15-4-2-1-3-5-15)23(32-20)27-22-26-10-11-31-22/h1-13H/b20-13+,27-23+. The van der Waals surface area contributed by atoms with Crippen molar-refractivity contribution in [2.75, 3.05) is 4.90 Å². The number of hydrogen-bond donors (Lipinski definition) is 0. The van der Waals surface area contributed by atoms with Crippen LogP contribution in [0.4, 0.5) is 10.8 Å². The number of aromatic nitrogens is 1. The Kier molecular flexibility index (Phi) is 5.89. The van der Waals surface area contributed by atoms with E-state index in [4.69, 9.17) is 27.6 Å². The van der Waals surface area contributed by atoms with Crippen molar-refractivity contribution in [1.29, 1.82) is 0 Å². The van der Waals surface area contributed by atoms with Gasteiger partial charge in [0.25, 0.3) is 5.91 Å². The number of anilines is 1. The van der Waals surface area contributed by atoms with Crippen LogP contribution >= 0.6 is 46.3 Å². The van der Waals surface area contributed by atoms with Gasteiger partial charge >= 0.3 is 0 Å². The second-order valence-corrected chi connectivity index (χ2v) is 9.35. The van der Waals surface area contributed by atoms with Crippen molar-refractivity contribution in [2.45, 2.75) is 0 Å².